The van der Waals surface area contributed by atoms with E-state index in [1.165, 1.54) is 7.11 Å². The highest BCUT2D eigenvalue weighted by atomic mass is 16.5. The third-order valence-corrected chi connectivity index (χ3v) is 3.30. The summed E-state index contributed by atoms with van der Waals surface area (Å²) < 4.78 is 4.79. The Morgan fingerprint density at radius 3 is 2.89 bits per heavy atom. The van der Waals surface area contributed by atoms with Crippen LogP contribution >= 0.6 is 0 Å². The number of nitrogens with two attached hydrogens (primary N) is 1. The summed E-state index contributed by atoms with van der Waals surface area (Å²) in [6.45, 7) is 0.574. The maximum Gasteiger partial charge on any atom is 0.321 e. The van der Waals surface area contributed by atoms with Crippen molar-refractivity contribution in [1.29, 1.82) is 0 Å². The molecular weight excluding hydrogens is 248 g/mol. The molecule has 1 aromatic rings. The Hall–Kier alpha value is -2.18. The van der Waals surface area contributed by atoms with Crippen LogP contribution < -0.4 is 11.1 Å². The molecule has 3 N–H and O–H groups in total. The molecule has 0 radical (unpaired) electrons. The maximum atomic E-state index is 12.1. The third kappa shape index (κ3) is 2.49. The Balaban J connectivity index is 2.30. The zero-order valence-corrected chi connectivity index (χ0v) is 10.7. The third-order valence-electron chi connectivity index (χ3n) is 3.30. The lowest BCUT2D eigenvalue weighted by Crippen LogP contribution is -2.52. The van der Waals surface area contributed by atoms with Gasteiger partial charge in [-0.3, -0.25) is 9.59 Å². The first kappa shape index (κ1) is 13.3. The molecular formula is C12H16N4O3. The highest BCUT2D eigenvalue weighted by Gasteiger charge is 2.48. The van der Waals surface area contributed by atoms with Crippen LogP contribution in [0, 0.1) is 5.41 Å². The topological polar surface area (TPSA) is 107 Å². The lowest BCUT2D eigenvalue weighted by Gasteiger charge is -2.32. The fraction of sp³-hybridized carbons (Fsp3) is 0.500. The summed E-state index contributed by atoms with van der Waals surface area (Å²) in [5.41, 5.74) is 4.79. The van der Waals surface area contributed by atoms with Crippen LogP contribution in [0.4, 0.5) is 5.82 Å². The summed E-state index contributed by atoms with van der Waals surface area (Å²) in [5.74, 6) is -0.559. The molecule has 0 aliphatic carbocycles. The summed E-state index contributed by atoms with van der Waals surface area (Å²) in [5, 5.41) is 10.3. The Kier molecular flexibility index (Phi) is 3.64. The molecule has 1 atom stereocenters. The molecule has 1 aromatic heterocycles. The van der Waals surface area contributed by atoms with Gasteiger partial charge in [-0.25, -0.2) is 0 Å². The molecule has 7 heteroatoms. The number of amides is 1. The second-order valence-corrected chi connectivity index (χ2v) is 4.56. The number of hydrogen-bond donors (Lipinski definition) is 2. The standard InChI is InChI=1S/C12H16N4O3/c1-19-11(18)12(5-2-6-14-10(12)17)7-8-3-4-9(13)16-15-8/h3-4H,2,5-7H2,1H3,(H2,13,16)(H,14,17). The van der Waals surface area contributed by atoms with Gasteiger partial charge in [-0.15, -0.1) is 5.10 Å². The number of aromatic nitrogens is 2. The van der Waals surface area contributed by atoms with Crippen molar-refractivity contribution in [1.82, 2.24) is 15.5 Å². The Morgan fingerprint density at radius 1 is 1.53 bits per heavy atom. The van der Waals surface area contributed by atoms with E-state index in [-0.39, 0.29) is 12.3 Å². The number of nitrogens with zero attached hydrogens (tertiary/aromatic N) is 2. The SMILES string of the molecule is COC(=O)C1(Cc2ccc(N)nn2)CCCNC1=O. The van der Waals surface area contributed by atoms with Crippen molar-refractivity contribution in [2.24, 2.45) is 5.41 Å². The first-order valence-electron chi connectivity index (χ1n) is 6.03. The summed E-state index contributed by atoms with van der Waals surface area (Å²) in [7, 11) is 1.28. The average molecular weight is 264 g/mol. The zero-order valence-electron chi connectivity index (χ0n) is 10.7. The number of carbonyl (C=O) groups excluding carboxylic acids is 2. The van der Waals surface area contributed by atoms with Crippen LogP contribution in [0.2, 0.25) is 0 Å². The van der Waals surface area contributed by atoms with Gasteiger partial charge in [0.15, 0.2) is 5.41 Å². The van der Waals surface area contributed by atoms with Crippen LogP contribution in [0.25, 0.3) is 0 Å². The molecule has 1 aliphatic rings. The molecule has 2 heterocycles. The molecule has 0 bridgehead atoms. The Morgan fingerprint density at radius 2 is 2.32 bits per heavy atom. The van der Waals surface area contributed by atoms with Gasteiger partial charge >= 0.3 is 5.97 Å². The quantitative estimate of drug-likeness (QED) is 0.572. The molecule has 19 heavy (non-hydrogen) atoms. The molecule has 7 nitrogen and oxygen atoms in total. The number of methoxy groups -OCH3 is 1. The number of esters is 1. The van der Waals surface area contributed by atoms with Gasteiger partial charge in [0.05, 0.1) is 12.8 Å². The normalized spacial score (nSPS) is 22.7. The van der Waals surface area contributed by atoms with Crippen molar-refractivity contribution in [3.8, 4) is 0 Å². The summed E-state index contributed by atoms with van der Waals surface area (Å²) in [6.07, 6.45) is 1.33. The van der Waals surface area contributed by atoms with Gasteiger partial charge in [-0.05, 0) is 25.0 Å². The fourth-order valence-corrected chi connectivity index (χ4v) is 2.28. The largest absolute Gasteiger partial charge is 0.468 e. The van der Waals surface area contributed by atoms with E-state index in [2.05, 4.69) is 15.5 Å². The molecule has 0 spiro atoms. The summed E-state index contributed by atoms with van der Waals surface area (Å²) >= 11 is 0. The second kappa shape index (κ2) is 5.21. The van der Waals surface area contributed by atoms with Gasteiger partial charge in [-0.2, -0.15) is 5.10 Å². The van der Waals surface area contributed by atoms with E-state index in [4.69, 9.17) is 10.5 Å². The summed E-state index contributed by atoms with van der Waals surface area (Å²) in [6, 6.07) is 3.25. The van der Waals surface area contributed by atoms with E-state index in [0.717, 1.165) is 6.42 Å². The number of piperidine rings is 1. The van der Waals surface area contributed by atoms with E-state index in [9.17, 15) is 9.59 Å². The van der Waals surface area contributed by atoms with Gasteiger partial charge in [-0.1, -0.05) is 0 Å². The van der Waals surface area contributed by atoms with Crippen LogP contribution in [0.15, 0.2) is 12.1 Å². The predicted molar refractivity (Wildman–Crippen MR) is 66.8 cm³/mol. The van der Waals surface area contributed by atoms with Crippen LogP contribution in [-0.4, -0.2) is 35.7 Å². The van der Waals surface area contributed by atoms with Crippen molar-refractivity contribution in [3.05, 3.63) is 17.8 Å². The number of hydrogen-bond acceptors (Lipinski definition) is 6. The minimum absolute atomic E-state index is 0.165. The van der Waals surface area contributed by atoms with E-state index < -0.39 is 11.4 Å². The fourth-order valence-electron chi connectivity index (χ4n) is 2.28. The van der Waals surface area contributed by atoms with Crippen molar-refractivity contribution in [2.45, 2.75) is 19.3 Å². The van der Waals surface area contributed by atoms with Crippen molar-refractivity contribution in [2.75, 3.05) is 19.4 Å². The minimum Gasteiger partial charge on any atom is -0.468 e. The highest BCUT2D eigenvalue weighted by molar-refractivity contribution is 6.03. The summed E-state index contributed by atoms with van der Waals surface area (Å²) in [4.78, 5) is 24.1. The Labute approximate surface area is 110 Å². The van der Waals surface area contributed by atoms with Crippen LogP contribution in [0.3, 0.4) is 0 Å². The Bertz CT molecular complexity index is 478. The number of nitrogens with one attached hydrogen (secondary N) is 1. The first-order valence-corrected chi connectivity index (χ1v) is 6.03. The predicted octanol–water partition coefficient (Wildman–Crippen LogP) is -0.329. The highest BCUT2D eigenvalue weighted by Crippen LogP contribution is 2.32. The van der Waals surface area contributed by atoms with E-state index in [1.54, 1.807) is 12.1 Å². The van der Waals surface area contributed by atoms with Gasteiger partial charge in [0.25, 0.3) is 0 Å². The van der Waals surface area contributed by atoms with E-state index >= 15 is 0 Å². The lowest BCUT2D eigenvalue weighted by molar-refractivity contribution is -0.161. The minimum atomic E-state index is -1.21. The molecule has 0 aromatic carbocycles. The zero-order chi connectivity index (χ0) is 13.9. The first-order chi connectivity index (χ1) is 9.08. The van der Waals surface area contributed by atoms with Crippen LogP contribution in [-0.2, 0) is 20.7 Å². The number of rotatable bonds is 3. The molecule has 1 aliphatic heterocycles. The smallest absolute Gasteiger partial charge is 0.321 e. The molecule has 1 saturated heterocycles. The monoisotopic (exact) mass is 264 g/mol. The van der Waals surface area contributed by atoms with Crippen molar-refractivity contribution >= 4 is 17.7 Å². The average Bonchev–Trinajstić information content (AvgIpc) is 2.43. The van der Waals surface area contributed by atoms with E-state index in [0.29, 0.717) is 24.5 Å². The number of nitrogen functional groups attached to an aromatic ring is 1. The molecule has 0 saturated carbocycles. The maximum absolute atomic E-state index is 12.1. The van der Waals surface area contributed by atoms with Gasteiger partial charge in [0, 0.05) is 13.0 Å². The number of carbonyl (C=O) groups is 2. The molecule has 1 amide bonds. The van der Waals surface area contributed by atoms with Crippen molar-refractivity contribution in [3.63, 3.8) is 0 Å². The molecule has 2 rings (SSSR count). The number of ether oxygens (including phenoxy) is 1. The molecule has 1 fully saturated rings. The lowest BCUT2D eigenvalue weighted by atomic mass is 9.76. The molecule has 102 valence electrons. The van der Waals surface area contributed by atoms with Gasteiger partial charge in [0.1, 0.15) is 5.82 Å². The van der Waals surface area contributed by atoms with Crippen molar-refractivity contribution < 1.29 is 14.3 Å². The van der Waals surface area contributed by atoms with Gasteiger partial charge < -0.3 is 15.8 Å². The molecule has 1 unspecified atom stereocenters. The number of anilines is 1. The van der Waals surface area contributed by atoms with E-state index in [1.807, 2.05) is 0 Å². The van der Waals surface area contributed by atoms with Crippen LogP contribution in [0.5, 0.6) is 0 Å². The van der Waals surface area contributed by atoms with Crippen LogP contribution in [0.1, 0.15) is 18.5 Å². The second-order valence-electron chi connectivity index (χ2n) is 4.56. The van der Waals surface area contributed by atoms with Gasteiger partial charge in [0.2, 0.25) is 5.91 Å².